The van der Waals surface area contributed by atoms with E-state index in [2.05, 4.69) is 39.6 Å². The lowest BCUT2D eigenvalue weighted by atomic mass is 10.0. The molecule has 0 bridgehead atoms. The van der Waals surface area contributed by atoms with Crippen molar-refractivity contribution in [3.8, 4) is 0 Å². The monoisotopic (exact) mass is 515 g/mol. The quantitative estimate of drug-likeness (QED) is 0.290. The first-order valence-corrected chi connectivity index (χ1v) is 13.7. The molecule has 0 unspecified atom stereocenters. The van der Waals surface area contributed by atoms with Gasteiger partial charge in [-0.15, -0.1) is 0 Å². The molecule has 1 aromatic rings. The van der Waals surface area contributed by atoms with Gasteiger partial charge in [-0.25, -0.2) is 0 Å². The summed E-state index contributed by atoms with van der Waals surface area (Å²) in [6.07, 6.45) is 3.90. The van der Waals surface area contributed by atoms with Crippen molar-refractivity contribution in [3.63, 3.8) is 0 Å². The minimum Gasteiger partial charge on any atom is -0.353 e. The molecule has 3 N–H and O–H groups in total. The topological polar surface area (TPSA) is 111 Å². The summed E-state index contributed by atoms with van der Waals surface area (Å²) in [5.74, 6) is -0.718. The largest absolute Gasteiger partial charge is 0.353 e. The van der Waals surface area contributed by atoms with Crippen molar-refractivity contribution in [2.45, 2.75) is 71.4 Å². The summed E-state index contributed by atoms with van der Waals surface area (Å²) in [5.41, 5.74) is 0.473. The van der Waals surface area contributed by atoms with Crippen molar-refractivity contribution < 1.29 is 19.2 Å². The van der Waals surface area contributed by atoms with Crippen molar-refractivity contribution >= 4 is 23.5 Å². The van der Waals surface area contributed by atoms with Crippen molar-refractivity contribution in [2.75, 3.05) is 45.8 Å². The summed E-state index contributed by atoms with van der Waals surface area (Å²) in [5, 5.41) is 8.37. The fourth-order valence-corrected chi connectivity index (χ4v) is 4.35. The Morgan fingerprint density at radius 1 is 0.919 bits per heavy atom. The molecule has 1 aliphatic heterocycles. The first-order chi connectivity index (χ1) is 17.8. The lowest BCUT2D eigenvalue weighted by molar-refractivity contribution is -0.128. The van der Waals surface area contributed by atoms with Crippen LogP contribution in [0.5, 0.6) is 0 Å². The predicted octanol–water partition coefficient (Wildman–Crippen LogP) is 1.97. The number of unbranched alkanes of at least 4 members (excludes halogenated alkanes) is 2. The SMILES string of the molecule is CCC(=O)CCCCC[C@H](NC(=O)CNC(=O)c1ccccc1)C(=O)NCCN1CCN(C(C)C)CC1. The lowest BCUT2D eigenvalue weighted by Gasteiger charge is -2.36. The van der Waals surface area contributed by atoms with Gasteiger partial charge in [0.25, 0.3) is 5.91 Å². The standard InChI is InChI=1S/C28H45N5O4/c1-4-24(34)13-9-6-10-14-25(31-26(35)21-30-27(36)23-11-7-5-8-12-23)28(37)29-15-16-32-17-19-33(20-18-32)22(2)3/h5,7-8,11-12,22,25H,4,6,9-10,13-21H2,1-3H3,(H,29,37)(H,30,36)(H,31,35)/t25-/m0/s1. The number of amides is 3. The highest BCUT2D eigenvalue weighted by atomic mass is 16.2. The average molecular weight is 516 g/mol. The number of hydrogen-bond acceptors (Lipinski definition) is 6. The minimum absolute atomic E-state index is 0.206. The highest BCUT2D eigenvalue weighted by Crippen LogP contribution is 2.08. The normalized spacial score (nSPS) is 15.2. The predicted molar refractivity (Wildman–Crippen MR) is 145 cm³/mol. The zero-order chi connectivity index (χ0) is 27.0. The van der Waals surface area contributed by atoms with Gasteiger partial charge in [-0.2, -0.15) is 0 Å². The number of nitrogens with one attached hydrogen (secondary N) is 3. The van der Waals surface area contributed by atoms with E-state index in [9.17, 15) is 19.2 Å². The van der Waals surface area contributed by atoms with Crippen molar-refractivity contribution in [2.24, 2.45) is 0 Å². The maximum Gasteiger partial charge on any atom is 0.251 e. The molecule has 1 atom stereocenters. The van der Waals surface area contributed by atoms with Crippen LogP contribution in [0.2, 0.25) is 0 Å². The molecule has 206 valence electrons. The van der Waals surface area contributed by atoms with E-state index in [-0.39, 0.29) is 24.1 Å². The Morgan fingerprint density at radius 3 is 2.27 bits per heavy atom. The maximum absolute atomic E-state index is 12.9. The molecule has 1 heterocycles. The van der Waals surface area contributed by atoms with Crippen LogP contribution in [0.3, 0.4) is 0 Å². The van der Waals surface area contributed by atoms with Crippen molar-refractivity contribution in [1.29, 1.82) is 0 Å². The van der Waals surface area contributed by atoms with E-state index in [1.807, 2.05) is 13.0 Å². The molecular weight excluding hydrogens is 470 g/mol. The zero-order valence-electron chi connectivity index (χ0n) is 22.8. The highest BCUT2D eigenvalue weighted by Gasteiger charge is 2.22. The second kappa shape index (κ2) is 16.9. The van der Waals surface area contributed by atoms with Crippen LogP contribution in [0, 0.1) is 0 Å². The smallest absolute Gasteiger partial charge is 0.251 e. The Hall–Kier alpha value is -2.78. The first kappa shape index (κ1) is 30.4. The molecular formula is C28H45N5O4. The molecule has 1 aromatic carbocycles. The molecule has 0 aromatic heterocycles. The molecule has 9 heteroatoms. The number of Topliss-reactive ketones (excluding diaryl/α,β-unsaturated/α-hetero) is 1. The molecule has 0 aliphatic carbocycles. The number of carbonyl (C=O) groups is 4. The molecule has 0 radical (unpaired) electrons. The Kier molecular flexibility index (Phi) is 13.9. The Balaban J connectivity index is 1.80. The van der Waals surface area contributed by atoms with Crippen LogP contribution in [0.15, 0.2) is 30.3 Å². The lowest BCUT2D eigenvalue weighted by Crippen LogP contribution is -2.52. The van der Waals surface area contributed by atoms with Gasteiger partial charge in [-0.1, -0.05) is 38.0 Å². The van der Waals surface area contributed by atoms with Gasteiger partial charge < -0.3 is 16.0 Å². The van der Waals surface area contributed by atoms with Crippen LogP contribution < -0.4 is 16.0 Å². The van der Waals surface area contributed by atoms with Gasteiger partial charge in [-0.3, -0.25) is 29.0 Å². The van der Waals surface area contributed by atoms with Crippen LogP contribution in [0.25, 0.3) is 0 Å². The van der Waals surface area contributed by atoms with E-state index in [0.29, 0.717) is 37.4 Å². The van der Waals surface area contributed by atoms with Gasteiger partial charge in [-0.05, 0) is 38.8 Å². The fourth-order valence-electron chi connectivity index (χ4n) is 4.35. The number of ketones is 1. The molecule has 1 saturated heterocycles. The van der Waals surface area contributed by atoms with Crippen LogP contribution >= 0.6 is 0 Å². The second-order valence-electron chi connectivity index (χ2n) is 9.92. The molecule has 37 heavy (non-hydrogen) atoms. The summed E-state index contributed by atoms with van der Waals surface area (Å²) < 4.78 is 0. The molecule has 1 aliphatic rings. The van der Waals surface area contributed by atoms with Crippen molar-refractivity contribution in [3.05, 3.63) is 35.9 Å². The van der Waals surface area contributed by atoms with Crippen LogP contribution in [-0.4, -0.2) is 91.2 Å². The van der Waals surface area contributed by atoms with E-state index in [4.69, 9.17) is 0 Å². The van der Waals surface area contributed by atoms with Gasteiger partial charge in [0.1, 0.15) is 11.8 Å². The summed E-state index contributed by atoms with van der Waals surface area (Å²) >= 11 is 0. The van der Waals surface area contributed by atoms with E-state index >= 15 is 0 Å². The summed E-state index contributed by atoms with van der Waals surface area (Å²) in [6.45, 7) is 11.4. The van der Waals surface area contributed by atoms with Crippen molar-refractivity contribution in [1.82, 2.24) is 25.8 Å². The van der Waals surface area contributed by atoms with Crippen LogP contribution in [0.1, 0.15) is 69.7 Å². The average Bonchev–Trinajstić information content (AvgIpc) is 2.91. The fraction of sp³-hybridized carbons (Fsp3) is 0.643. The van der Waals surface area contributed by atoms with Crippen LogP contribution in [0.4, 0.5) is 0 Å². The summed E-state index contributed by atoms with van der Waals surface area (Å²) in [6, 6.07) is 8.55. The van der Waals surface area contributed by atoms with Gasteiger partial charge in [0, 0.05) is 63.7 Å². The van der Waals surface area contributed by atoms with E-state index in [0.717, 1.165) is 52.0 Å². The first-order valence-electron chi connectivity index (χ1n) is 13.7. The third-order valence-electron chi connectivity index (χ3n) is 6.80. The Morgan fingerprint density at radius 2 is 1.62 bits per heavy atom. The highest BCUT2D eigenvalue weighted by molar-refractivity contribution is 5.97. The molecule has 2 rings (SSSR count). The Labute approximate surface area is 221 Å². The Bertz CT molecular complexity index is 853. The molecule has 9 nitrogen and oxygen atoms in total. The third-order valence-corrected chi connectivity index (χ3v) is 6.80. The van der Waals surface area contributed by atoms with Crippen LogP contribution in [-0.2, 0) is 14.4 Å². The third kappa shape index (κ3) is 11.9. The number of hydrogen-bond donors (Lipinski definition) is 3. The van der Waals surface area contributed by atoms with Gasteiger partial charge in [0.05, 0.1) is 6.54 Å². The summed E-state index contributed by atoms with van der Waals surface area (Å²) in [4.78, 5) is 54.1. The number of nitrogens with zero attached hydrogens (tertiary/aromatic N) is 2. The molecule has 0 saturated carbocycles. The number of carbonyl (C=O) groups excluding carboxylic acids is 4. The number of piperazine rings is 1. The van der Waals surface area contributed by atoms with Gasteiger partial charge in [0.2, 0.25) is 11.8 Å². The van der Waals surface area contributed by atoms with E-state index in [1.165, 1.54) is 0 Å². The van der Waals surface area contributed by atoms with Gasteiger partial charge in [0.15, 0.2) is 0 Å². The minimum atomic E-state index is -0.680. The molecule has 0 spiro atoms. The summed E-state index contributed by atoms with van der Waals surface area (Å²) in [7, 11) is 0. The maximum atomic E-state index is 12.9. The second-order valence-corrected chi connectivity index (χ2v) is 9.92. The van der Waals surface area contributed by atoms with E-state index in [1.54, 1.807) is 24.3 Å². The van der Waals surface area contributed by atoms with Gasteiger partial charge >= 0.3 is 0 Å². The molecule has 1 fully saturated rings. The molecule has 3 amide bonds. The number of benzene rings is 1. The van der Waals surface area contributed by atoms with E-state index < -0.39 is 11.9 Å². The zero-order valence-corrected chi connectivity index (χ0v) is 22.8. The number of rotatable bonds is 16.